The van der Waals surface area contributed by atoms with Gasteiger partial charge in [-0.1, -0.05) is 6.07 Å². The number of hydrogen-bond acceptors (Lipinski definition) is 4. The van der Waals surface area contributed by atoms with E-state index < -0.39 is 10.0 Å². The molecule has 0 heterocycles. The van der Waals surface area contributed by atoms with E-state index in [2.05, 4.69) is 0 Å². The second kappa shape index (κ2) is 3.65. The van der Waals surface area contributed by atoms with Crippen molar-refractivity contribution in [3.8, 4) is 6.07 Å². The third-order valence-electron chi connectivity index (χ3n) is 1.51. The second-order valence-corrected chi connectivity index (χ2v) is 4.48. The number of nitriles is 1. The highest BCUT2D eigenvalue weighted by molar-refractivity contribution is 7.91. The average Bonchev–Trinajstić information content (AvgIpc) is 2.15. The first kappa shape index (κ1) is 10.5. The smallest absolute Gasteiger partial charge is 0.254 e. The van der Waals surface area contributed by atoms with Gasteiger partial charge in [0.2, 0.25) is 0 Å². The zero-order valence-electron chi connectivity index (χ0n) is 7.38. The maximum atomic E-state index is 10.9. The molecule has 0 saturated carbocycles. The number of hydrogen-bond donors (Lipinski definition) is 1. The van der Waals surface area contributed by atoms with Crippen molar-refractivity contribution in [1.29, 1.82) is 5.26 Å². The normalized spacial score (nSPS) is 10.6. The Bertz CT molecular complexity index is 476. The standard InChI is InChI=1S/C8H8N2O3S/c1-14(12,13)10(11)8-4-2-3-7(5-8)6-9/h2-5,11H,1H3. The van der Waals surface area contributed by atoms with Gasteiger partial charge in [-0.3, -0.25) is 5.21 Å². The van der Waals surface area contributed by atoms with Gasteiger partial charge in [0.05, 0.1) is 23.6 Å². The first-order valence-electron chi connectivity index (χ1n) is 3.64. The molecular formula is C8H8N2O3S. The highest BCUT2D eigenvalue weighted by Gasteiger charge is 2.14. The van der Waals surface area contributed by atoms with Crippen LogP contribution in [0.4, 0.5) is 5.69 Å². The number of rotatable bonds is 2. The molecule has 0 spiro atoms. The second-order valence-electron chi connectivity index (χ2n) is 2.67. The molecule has 0 fully saturated rings. The molecular weight excluding hydrogens is 204 g/mol. The van der Waals surface area contributed by atoms with Crippen LogP contribution in [0.3, 0.4) is 0 Å². The van der Waals surface area contributed by atoms with E-state index >= 15 is 0 Å². The van der Waals surface area contributed by atoms with Crippen molar-refractivity contribution in [3.05, 3.63) is 29.8 Å². The fourth-order valence-corrected chi connectivity index (χ4v) is 1.38. The summed E-state index contributed by atoms with van der Waals surface area (Å²) in [5.74, 6) is 0. The van der Waals surface area contributed by atoms with E-state index in [1.54, 1.807) is 0 Å². The van der Waals surface area contributed by atoms with Gasteiger partial charge in [0.15, 0.2) is 0 Å². The average molecular weight is 212 g/mol. The summed E-state index contributed by atoms with van der Waals surface area (Å²) in [6.07, 6.45) is 0.867. The lowest BCUT2D eigenvalue weighted by Crippen LogP contribution is -2.25. The molecule has 5 nitrogen and oxygen atoms in total. The molecule has 0 aliphatic rings. The molecule has 6 heteroatoms. The van der Waals surface area contributed by atoms with Crippen LogP contribution in [0.2, 0.25) is 0 Å². The third-order valence-corrected chi connectivity index (χ3v) is 2.35. The number of sulfonamides is 1. The Morgan fingerprint density at radius 1 is 1.50 bits per heavy atom. The number of benzene rings is 1. The lowest BCUT2D eigenvalue weighted by Gasteiger charge is -2.13. The molecule has 1 aromatic rings. The summed E-state index contributed by atoms with van der Waals surface area (Å²) in [7, 11) is -3.70. The summed E-state index contributed by atoms with van der Waals surface area (Å²) in [5.41, 5.74) is 0.330. The fourth-order valence-electron chi connectivity index (χ4n) is 0.886. The van der Waals surface area contributed by atoms with Crippen molar-refractivity contribution in [3.63, 3.8) is 0 Å². The van der Waals surface area contributed by atoms with Crippen LogP contribution in [0.15, 0.2) is 24.3 Å². The first-order chi connectivity index (χ1) is 6.45. The molecule has 0 unspecified atom stereocenters. The van der Waals surface area contributed by atoms with Crippen LogP contribution in [0.25, 0.3) is 0 Å². The third kappa shape index (κ3) is 2.22. The summed E-state index contributed by atoms with van der Waals surface area (Å²) in [5, 5.41) is 17.8. The maximum Gasteiger partial charge on any atom is 0.254 e. The van der Waals surface area contributed by atoms with Crippen LogP contribution >= 0.6 is 0 Å². The van der Waals surface area contributed by atoms with E-state index in [0.717, 1.165) is 6.26 Å². The Balaban J connectivity index is 3.16. The van der Waals surface area contributed by atoms with Gasteiger partial charge in [0.1, 0.15) is 0 Å². The quantitative estimate of drug-likeness (QED) is 0.732. The van der Waals surface area contributed by atoms with E-state index in [4.69, 9.17) is 5.26 Å². The molecule has 1 N–H and O–H groups in total. The molecule has 1 aromatic carbocycles. The van der Waals surface area contributed by atoms with Gasteiger partial charge in [-0.25, -0.2) is 8.42 Å². The minimum Gasteiger partial charge on any atom is -0.274 e. The lowest BCUT2D eigenvalue weighted by atomic mass is 10.2. The summed E-state index contributed by atoms with van der Waals surface area (Å²) in [6.45, 7) is 0. The van der Waals surface area contributed by atoms with E-state index in [0.29, 0.717) is 0 Å². The van der Waals surface area contributed by atoms with E-state index in [9.17, 15) is 13.6 Å². The van der Waals surface area contributed by atoms with Gasteiger partial charge in [-0.2, -0.15) is 5.26 Å². The largest absolute Gasteiger partial charge is 0.274 e. The van der Waals surface area contributed by atoms with Gasteiger partial charge in [0, 0.05) is 0 Å². The maximum absolute atomic E-state index is 10.9. The van der Waals surface area contributed by atoms with Gasteiger partial charge in [-0.05, 0) is 18.2 Å². The fraction of sp³-hybridized carbons (Fsp3) is 0.125. The van der Waals surface area contributed by atoms with Crippen molar-refractivity contribution >= 4 is 15.7 Å². The molecule has 0 bridgehead atoms. The highest BCUT2D eigenvalue weighted by Crippen LogP contribution is 2.16. The minimum atomic E-state index is -3.70. The Hall–Kier alpha value is -1.58. The van der Waals surface area contributed by atoms with Crippen molar-refractivity contribution in [1.82, 2.24) is 0 Å². The Labute approximate surface area is 81.8 Å². The Kier molecular flexibility index (Phi) is 2.74. The van der Waals surface area contributed by atoms with Crippen LogP contribution in [0.5, 0.6) is 0 Å². The topological polar surface area (TPSA) is 81.4 Å². The van der Waals surface area contributed by atoms with Gasteiger partial charge in [0.25, 0.3) is 10.0 Å². The Morgan fingerprint density at radius 2 is 2.14 bits per heavy atom. The first-order valence-corrected chi connectivity index (χ1v) is 5.49. The van der Waals surface area contributed by atoms with Crippen molar-refractivity contribution in [2.24, 2.45) is 0 Å². The summed E-state index contributed by atoms with van der Waals surface area (Å²) in [6, 6.07) is 7.51. The molecule has 1 rings (SSSR count). The van der Waals surface area contributed by atoms with Gasteiger partial charge < -0.3 is 0 Å². The molecule has 0 aromatic heterocycles. The molecule has 14 heavy (non-hydrogen) atoms. The summed E-state index contributed by atoms with van der Waals surface area (Å²) >= 11 is 0. The van der Waals surface area contributed by atoms with Crippen molar-refractivity contribution in [2.75, 3.05) is 10.7 Å². The van der Waals surface area contributed by atoms with Crippen LogP contribution in [-0.4, -0.2) is 19.9 Å². The molecule has 0 amide bonds. The van der Waals surface area contributed by atoms with Crippen molar-refractivity contribution < 1.29 is 13.6 Å². The predicted octanol–water partition coefficient (Wildman–Crippen LogP) is 0.713. The molecule has 0 saturated heterocycles. The van der Waals surface area contributed by atoms with Crippen LogP contribution in [0, 0.1) is 11.3 Å². The van der Waals surface area contributed by atoms with E-state index in [-0.39, 0.29) is 15.7 Å². The van der Waals surface area contributed by atoms with Crippen LogP contribution in [0.1, 0.15) is 5.56 Å². The monoisotopic (exact) mass is 212 g/mol. The van der Waals surface area contributed by atoms with Crippen LogP contribution in [-0.2, 0) is 10.0 Å². The molecule has 0 radical (unpaired) electrons. The SMILES string of the molecule is CS(=O)(=O)N(O)c1cccc(C#N)c1. The molecule has 74 valence electrons. The lowest BCUT2D eigenvalue weighted by molar-refractivity contribution is 0.317. The number of nitrogens with zero attached hydrogens (tertiary/aromatic N) is 2. The molecule has 0 atom stereocenters. The number of anilines is 1. The predicted molar refractivity (Wildman–Crippen MR) is 50.3 cm³/mol. The summed E-state index contributed by atoms with van der Waals surface area (Å²) < 4.78 is 22.0. The highest BCUT2D eigenvalue weighted by atomic mass is 32.2. The zero-order valence-corrected chi connectivity index (χ0v) is 8.19. The molecule has 0 aliphatic heterocycles. The summed E-state index contributed by atoms with van der Waals surface area (Å²) in [4.78, 5) is 0. The van der Waals surface area contributed by atoms with Gasteiger partial charge >= 0.3 is 0 Å². The van der Waals surface area contributed by atoms with Crippen molar-refractivity contribution in [2.45, 2.75) is 0 Å². The Morgan fingerprint density at radius 3 is 2.64 bits per heavy atom. The van der Waals surface area contributed by atoms with E-state index in [1.165, 1.54) is 24.3 Å². The minimum absolute atomic E-state index is 0.0477. The van der Waals surface area contributed by atoms with E-state index in [1.807, 2.05) is 6.07 Å². The zero-order chi connectivity index (χ0) is 10.8. The molecule has 0 aliphatic carbocycles. The van der Waals surface area contributed by atoms with Crippen LogP contribution < -0.4 is 4.47 Å². The van der Waals surface area contributed by atoms with Gasteiger partial charge in [-0.15, -0.1) is 4.47 Å².